The number of aromatic nitrogens is 1. The van der Waals surface area contributed by atoms with Crippen LogP contribution in [-0.2, 0) is 0 Å². The molecule has 4 rings (SSSR count). The van der Waals surface area contributed by atoms with Gasteiger partial charge in [-0.05, 0) is 67.6 Å². The van der Waals surface area contributed by atoms with Crippen LogP contribution in [0.3, 0.4) is 0 Å². The SMILES string of the molecule is Cc1ccc(C(=O)NC2CC2)cc1-c1ccc2c(C)noc2c1. The topological polar surface area (TPSA) is 55.1 Å². The first kappa shape index (κ1) is 14.0. The third-order valence-corrected chi connectivity index (χ3v) is 4.38. The van der Waals surface area contributed by atoms with Crippen LogP contribution in [0.2, 0.25) is 0 Å². The predicted octanol–water partition coefficient (Wildman–Crippen LogP) is 4.00. The Kier molecular flexibility index (Phi) is 3.18. The summed E-state index contributed by atoms with van der Waals surface area (Å²) in [4.78, 5) is 12.3. The summed E-state index contributed by atoms with van der Waals surface area (Å²) in [5.41, 5.74) is 5.57. The zero-order valence-corrected chi connectivity index (χ0v) is 13.2. The van der Waals surface area contributed by atoms with Crippen molar-refractivity contribution in [1.82, 2.24) is 10.5 Å². The van der Waals surface area contributed by atoms with Crippen molar-refractivity contribution in [3.05, 3.63) is 53.2 Å². The van der Waals surface area contributed by atoms with Gasteiger partial charge in [0.25, 0.3) is 5.91 Å². The molecule has 1 heterocycles. The monoisotopic (exact) mass is 306 g/mol. The minimum absolute atomic E-state index is 0.00494. The van der Waals surface area contributed by atoms with Crippen LogP contribution in [0.5, 0.6) is 0 Å². The lowest BCUT2D eigenvalue weighted by Gasteiger charge is -2.09. The van der Waals surface area contributed by atoms with Crippen molar-refractivity contribution >= 4 is 16.9 Å². The molecule has 0 spiro atoms. The molecule has 0 aliphatic heterocycles. The first-order valence-corrected chi connectivity index (χ1v) is 7.90. The van der Waals surface area contributed by atoms with E-state index in [1.54, 1.807) is 0 Å². The quantitative estimate of drug-likeness (QED) is 0.795. The number of hydrogen-bond acceptors (Lipinski definition) is 3. The van der Waals surface area contributed by atoms with E-state index < -0.39 is 0 Å². The van der Waals surface area contributed by atoms with Crippen LogP contribution in [0.25, 0.3) is 22.1 Å². The average molecular weight is 306 g/mol. The van der Waals surface area contributed by atoms with Gasteiger partial charge in [-0.1, -0.05) is 17.3 Å². The summed E-state index contributed by atoms with van der Waals surface area (Å²) in [6.45, 7) is 3.98. The minimum Gasteiger partial charge on any atom is -0.356 e. The van der Waals surface area contributed by atoms with Gasteiger partial charge < -0.3 is 9.84 Å². The highest BCUT2D eigenvalue weighted by molar-refractivity contribution is 5.96. The van der Waals surface area contributed by atoms with Crippen LogP contribution in [0.15, 0.2) is 40.9 Å². The van der Waals surface area contributed by atoms with Crippen LogP contribution in [-0.4, -0.2) is 17.1 Å². The summed E-state index contributed by atoms with van der Waals surface area (Å²) in [6.07, 6.45) is 2.18. The maximum atomic E-state index is 12.3. The molecule has 1 saturated carbocycles. The molecule has 1 aromatic heterocycles. The molecule has 0 bridgehead atoms. The Hall–Kier alpha value is -2.62. The highest BCUT2D eigenvalue weighted by Gasteiger charge is 2.24. The van der Waals surface area contributed by atoms with Crippen molar-refractivity contribution in [1.29, 1.82) is 0 Å². The van der Waals surface area contributed by atoms with Gasteiger partial charge in [-0.2, -0.15) is 0 Å². The number of fused-ring (bicyclic) bond motifs is 1. The Morgan fingerprint density at radius 1 is 1.17 bits per heavy atom. The summed E-state index contributed by atoms with van der Waals surface area (Å²) in [7, 11) is 0. The Morgan fingerprint density at radius 3 is 2.78 bits per heavy atom. The Bertz CT molecular complexity index is 907. The average Bonchev–Trinajstić information content (AvgIpc) is 3.29. The summed E-state index contributed by atoms with van der Waals surface area (Å²) in [5, 5.41) is 8.06. The van der Waals surface area contributed by atoms with E-state index in [1.807, 2.05) is 44.2 Å². The Morgan fingerprint density at radius 2 is 2.00 bits per heavy atom. The molecule has 4 heteroatoms. The lowest BCUT2D eigenvalue weighted by Crippen LogP contribution is -2.25. The molecule has 0 saturated heterocycles. The molecular formula is C19H18N2O2. The first-order chi connectivity index (χ1) is 11.1. The minimum atomic E-state index is 0.00494. The maximum Gasteiger partial charge on any atom is 0.251 e. The Labute approximate surface area is 134 Å². The van der Waals surface area contributed by atoms with E-state index in [4.69, 9.17) is 4.52 Å². The predicted molar refractivity (Wildman–Crippen MR) is 89.4 cm³/mol. The molecule has 0 atom stereocenters. The highest BCUT2D eigenvalue weighted by atomic mass is 16.5. The van der Waals surface area contributed by atoms with Gasteiger partial charge in [-0.15, -0.1) is 0 Å². The number of nitrogens with one attached hydrogen (secondary N) is 1. The van der Waals surface area contributed by atoms with Crippen molar-refractivity contribution in [3.8, 4) is 11.1 Å². The second kappa shape index (κ2) is 5.23. The largest absolute Gasteiger partial charge is 0.356 e. The van der Waals surface area contributed by atoms with E-state index in [-0.39, 0.29) is 5.91 Å². The van der Waals surface area contributed by atoms with Crippen LogP contribution >= 0.6 is 0 Å². The molecule has 116 valence electrons. The molecule has 0 unspecified atom stereocenters. The number of aryl methyl sites for hydroxylation is 2. The summed E-state index contributed by atoms with van der Waals surface area (Å²) in [6, 6.07) is 12.3. The van der Waals surface area contributed by atoms with Gasteiger partial charge in [0.1, 0.15) is 0 Å². The van der Waals surface area contributed by atoms with Gasteiger partial charge in [0, 0.05) is 17.0 Å². The fourth-order valence-corrected chi connectivity index (χ4v) is 2.80. The van der Waals surface area contributed by atoms with Gasteiger partial charge >= 0.3 is 0 Å². The van der Waals surface area contributed by atoms with E-state index in [1.165, 1.54) is 0 Å². The molecule has 0 radical (unpaired) electrons. The Balaban J connectivity index is 1.74. The van der Waals surface area contributed by atoms with Crippen molar-refractivity contribution in [2.75, 3.05) is 0 Å². The van der Waals surface area contributed by atoms with Gasteiger partial charge in [-0.3, -0.25) is 4.79 Å². The second-order valence-corrected chi connectivity index (χ2v) is 6.26. The number of rotatable bonds is 3. The molecule has 23 heavy (non-hydrogen) atoms. The molecule has 3 aromatic rings. The van der Waals surface area contributed by atoms with Crippen LogP contribution < -0.4 is 5.32 Å². The molecule has 1 N–H and O–H groups in total. The van der Waals surface area contributed by atoms with Crippen LogP contribution in [0, 0.1) is 13.8 Å². The van der Waals surface area contributed by atoms with Gasteiger partial charge in [-0.25, -0.2) is 0 Å². The van der Waals surface area contributed by atoms with E-state index in [0.29, 0.717) is 11.6 Å². The third-order valence-electron chi connectivity index (χ3n) is 4.38. The van der Waals surface area contributed by atoms with E-state index in [0.717, 1.165) is 46.2 Å². The second-order valence-electron chi connectivity index (χ2n) is 6.26. The number of hydrogen-bond donors (Lipinski definition) is 1. The summed E-state index contributed by atoms with van der Waals surface area (Å²) < 4.78 is 5.36. The van der Waals surface area contributed by atoms with E-state index >= 15 is 0 Å². The van der Waals surface area contributed by atoms with Gasteiger partial charge in [0.05, 0.1) is 5.69 Å². The lowest BCUT2D eigenvalue weighted by molar-refractivity contribution is 0.0951. The highest BCUT2D eigenvalue weighted by Crippen LogP contribution is 2.29. The molecule has 1 aliphatic carbocycles. The maximum absolute atomic E-state index is 12.3. The van der Waals surface area contributed by atoms with Gasteiger partial charge in [0.2, 0.25) is 0 Å². The molecule has 1 fully saturated rings. The molecule has 1 amide bonds. The third kappa shape index (κ3) is 2.61. The fraction of sp³-hybridized carbons (Fsp3) is 0.263. The van der Waals surface area contributed by atoms with Crippen molar-refractivity contribution in [2.45, 2.75) is 32.7 Å². The summed E-state index contributed by atoms with van der Waals surface area (Å²) >= 11 is 0. The number of carbonyl (C=O) groups excluding carboxylic acids is 1. The van der Waals surface area contributed by atoms with Crippen molar-refractivity contribution in [2.24, 2.45) is 0 Å². The molecular weight excluding hydrogens is 288 g/mol. The van der Waals surface area contributed by atoms with Crippen LogP contribution in [0.1, 0.15) is 34.5 Å². The van der Waals surface area contributed by atoms with Crippen molar-refractivity contribution in [3.63, 3.8) is 0 Å². The molecule has 1 aliphatic rings. The molecule has 4 nitrogen and oxygen atoms in total. The van der Waals surface area contributed by atoms with Gasteiger partial charge in [0.15, 0.2) is 5.58 Å². The normalized spacial score (nSPS) is 14.2. The van der Waals surface area contributed by atoms with E-state index in [2.05, 4.69) is 16.5 Å². The number of amides is 1. The standard InChI is InChI=1S/C19H18N2O2/c1-11-3-4-14(19(22)20-15-6-7-15)9-17(11)13-5-8-16-12(2)21-23-18(16)10-13/h3-5,8-10,15H,6-7H2,1-2H3,(H,20,22). The van der Waals surface area contributed by atoms with E-state index in [9.17, 15) is 4.79 Å². The molecule has 2 aromatic carbocycles. The lowest BCUT2D eigenvalue weighted by atomic mass is 9.97. The smallest absolute Gasteiger partial charge is 0.251 e. The first-order valence-electron chi connectivity index (χ1n) is 7.90. The zero-order chi connectivity index (χ0) is 16.0. The fourth-order valence-electron chi connectivity index (χ4n) is 2.80. The van der Waals surface area contributed by atoms with Crippen LogP contribution in [0.4, 0.5) is 0 Å². The number of carbonyl (C=O) groups is 1. The van der Waals surface area contributed by atoms with Crippen molar-refractivity contribution < 1.29 is 9.32 Å². The summed E-state index contributed by atoms with van der Waals surface area (Å²) in [5.74, 6) is 0.00494. The number of nitrogens with zero attached hydrogens (tertiary/aromatic N) is 1. The number of benzene rings is 2. The zero-order valence-electron chi connectivity index (χ0n) is 13.2.